The van der Waals surface area contributed by atoms with Crippen LogP contribution in [0.4, 0.5) is 5.69 Å². The van der Waals surface area contributed by atoms with Gasteiger partial charge < -0.3 is 10.2 Å². The van der Waals surface area contributed by atoms with Crippen LogP contribution in [-0.4, -0.2) is 56.3 Å². The zero-order valence-corrected chi connectivity index (χ0v) is 22.4. The first kappa shape index (κ1) is 28.6. The Balaban J connectivity index is 2.47. The third-order valence-corrected chi connectivity index (χ3v) is 7.18. The molecule has 35 heavy (non-hydrogen) atoms. The molecule has 0 bridgehead atoms. The van der Waals surface area contributed by atoms with Crippen LogP contribution in [0.5, 0.6) is 0 Å². The Labute approximate surface area is 216 Å². The normalized spacial score (nSPS) is 12.1. The number of amides is 2. The smallest absolute Gasteiger partial charge is 0.244 e. The number of nitrogens with zero attached hydrogens (tertiary/aromatic N) is 2. The van der Waals surface area contributed by atoms with Crippen molar-refractivity contribution in [2.75, 3.05) is 23.7 Å². The molecule has 0 spiro atoms. The summed E-state index contributed by atoms with van der Waals surface area (Å²) in [5.41, 5.74) is 0.895. The highest BCUT2D eigenvalue weighted by Crippen LogP contribution is 2.27. The molecule has 2 aromatic rings. The summed E-state index contributed by atoms with van der Waals surface area (Å²) in [6, 6.07) is 9.94. The van der Waals surface area contributed by atoms with Crippen molar-refractivity contribution in [3.8, 4) is 0 Å². The van der Waals surface area contributed by atoms with Crippen LogP contribution < -0.4 is 9.62 Å². The number of ketones is 1. The summed E-state index contributed by atoms with van der Waals surface area (Å²) in [6.45, 7) is 4.54. The van der Waals surface area contributed by atoms with Gasteiger partial charge in [0.2, 0.25) is 21.8 Å². The zero-order valence-electron chi connectivity index (χ0n) is 20.0. The van der Waals surface area contributed by atoms with E-state index in [-0.39, 0.29) is 18.0 Å². The molecule has 0 radical (unpaired) electrons. The molecule has 0 aliphatic carbocycles. The Kier molecular flexibility index (Phi) is 10.1. The second kappa shape index (κ2) is 12.4. The summed E-state index contributed by atoms with van der Waals surface area (Å²) >= 11 is 12.6. The van der Waals surface area contributed by atoms with E-state index in [0.717, 1.165) is 10.6 Å². The zero-order chi connectivity index (χ0) is 26.3. The predicted octanol–water partition coefficient (Wildman–Crippen LogP) is 3.91. The average Bonchev–Trinajstić information content (AvgIpc) is 2.79. The Bertz CT molecular complexity index is 1180. The molecule has 1 atom stereocenters. The van der Waals surface area contributed by atoms with E-state index in [4.69, 9.17) is 23.2 Å². The SMILES string of the molecule is CCCNC(=O)[C@@H](C)N(Cc1c(Cl)cccc1Cl)C(=O)CN(c1cccc(C(C)=O)c1)S(C)(=O)=O. The summed E-state index contributed by atoms with van der Waals surface area (Å²) in [5, 5.41) is 3.37. The standard InChI is InChI=1S/C24H29Cl2N3O5S/c1-5-12-27-24(32)16(2)28(14-20-21(25)10-7-11-22(20)26)23(31)15-29(35(4,33)34)19-9-6-8-18(13-19)17(3)30/h6-11,13,16H,5,12,14-15H2,1-4H3,(H,27,32)/t16-/m1/s1. The van der Waals surface area contributed by atoms with E-state index in [2.05, 4.69) is 5.32 Å². The van der Waals surface area contributed by atoms with Crippen molar-refractivity contribution in [1.29, 1.82) is 0 Å². The monoisotopic (exact) mass is 541 g/mol. The quantitative estimate of drug-likeness (QED) is 0.434. The van der Waals surface area contributed by atoms with Crippen LogP contribution in [0, 0.1) is 0 Å². The molecule has 0 saturated heterocycles. The number of hydrogen-bond acceptors (Lipinski definition) is 5. The fourth-order valence-electron chi connectivity index (χ4n) is 3.33. The highest BCUT2D eigenvalue weighted by molar-refractivity contribution is 7.92. The maximum Gasteiger partial charge on any atom is 0.244 e. The lowest BCUT2D eigenvalue weighted by Gasteiger charge is -2.32. The lowest BCUT2D eigenvalue weighted by atomic mass is 10.1. The third kappa shape index (κ3) is 7.68. The van der Waals surface area contributed by atoms with Gasteiger partial charge >= 0.3 is 0 Å². The van der Waals surface area contributed by atoms with Gasteiger partial charge in [0, 0.05) is 34.3 Å². The fourth-order valence-corrected chi connectivity index (χ4v) is 4.68. The van der Waals surface area contributed by atoms with Gasteiger partial charge in [-0.05, 0) is 44.5 Å². The van der Waals surface area contributed by atoms with Crippen LogP contribution in [-0.2, 0) is 26.2 Å². The van der Waals surface area contributed by atoms with E-state index < -0.39 is 34.4 Å². The minimum atomic E-state index is -3.92. The van der Waals surface area contributed by atoms with Crippen molar-refractivity contribution in [3.05, 3.63) is 63.6 Å². The predicted molar refractivity (Wildman–Crippen MR) is 138 cm³/mol. The van der Waals surface area contributed by atoms with Crippen LogP contribution in [0.25, 0.3) is 0 Å². The Hall–Kier alpha value is -2.62. The summed E-state index contributed by atoms with van der Waals surface area (Å²) in [6.07, 6.45) is 1.67. The lowest BCUT2D eigenvalue weighted by Crippen LogP contribution is -2.51. The van der Waals surface area contributed by atoms with E-state index in [0.29, 0.717) is 34.1 Å². The summed E-state index contributed by atoms with van der Waals surface area (Å²) < 4.78 is 26.2. The van der Waals surface area contributed by atoms with E-state index in [1.165, 1.54) is 30.0 Å². The lowest BCUT2D eigenvalue weighted by molar-refractivity contribution is -0.139. The third-order valence-electron chi connectivity index (χ3n) is 5.33. The molecular formula is C24H29Cl2N3O5S. The van der Waals surface area contributed by atoms with Crippen LogP contribution in [0.2, 0.25) is 10.0 Å². The van der Waals surface area contributed by atoms with Crippen molar-refractivity contribution >= 4 is 56.5 Å². The fraction of sp³-hybridized carbons (Fsp3) is 0.375. The van der Waals surface area contributed by atoms with Crippen molar-refractivity contribution in [1.82, 2.24) is 10.2 Å². The molecular weight excluding hydrogens is 513 g/mol. The van der Waals surface area contributed by atoms with Gasteiger partial charge in [0.15, 0.2) is 5.78 Å². The van der Waals surface area contributed by atoms with E-state index in [1.54, 1.807) is 31.2 Å². The van der Waals surface area contributed by atoms with E-state index >= 15 is 0 Å². The van der Waals surface area contributed by atoms with Gasteiger partial charge in [-0.15, -0.1) is 0 Å². The largest absolute Gasteiger partial charge is 0.354 e. The van der Waals surface area contributed by atoms with Gasteiger partial charge in [-0.2, -0.15) is 0 Å². The number of Topliss-reactive ketones (excluding diaryl/α,β-unsaturated/α-hetero) is 1. The first-order chi connectivity index (χ1) is 16.4. The molecule has 2 amide bonds. The van der Waals surface area contributed by atoms with Crippen LogP contribution in [0.15, 0.2) is 42.5 Å². The maximum absolute atomic E-state index is 13.5. The molecule has 1 N–H and O–H groups in total. The molecule has 0 fully saturated rings. The number of sulfonamides is 1. The number of carbonyl (C=O) groups is 3. The molecule has 8 nitrogen and oxygen atoms in total. The molecule has 2 rings (SSSR count). The van der Waals surface area contributed by atoms with E-state index in [1.807, 2.05) is 6.92 Å². The molecule has 0 heterocycles. The highest BCUT2D eigenvalue weighted by atomic mass is 35.5. The van der Waals surface area contributed by atoms with Gasteiger partial charge in [0.1, 0.15) is 12.6 Å². The second-order valence-corrected chi connectivity index (χ2v) is 10.8. The number of carbonyl (C=O) groups excluding carboxylic acids is 3. The second-order valence-electron chi connectivity index (χ2n) is 8.07. The minimum absolute atomic E-state index is 0.108. The van der Waals surface area contributed by atoms with Crippen LogP contribution in [0.3, 0.4) is 0 Å². The first-order valence-corrected chi connectivity index (χ1v) is 13.6. The molecule has 11 heteroatoms. The Morgan fingerprint density at radius 2 is 1.66 bits per heavy atom. The van der Waals surface area contributed by atoms with Crippen molar-refractivity contribution in [2.45, 2.75) is 39.8 Å². The minimum Gasteiger partial charge on any atom is -0.354 e. The molecule has 2 aromatic carbocycles. The van der Waals surface area contributed by atoms with Crippen molar-refractivity contribution in [2.24, 2.45) is 0 Å². The molecule has 0 aliphatic rings. The van der Waals surface area contributed by atoms with Gasteiger partial charge in [-0.3, -0.25) is 18.7 Å². The van der Waals surface area contributed by atoms with Crippen LogP contribution in [0.1, 0.15) is 43.1 Å². The molecule has 0 aromatic heterocycles. The van der Waals surface area contributed by atoms with Crippen molar-refractivity contribution < 1.29 is 22.8 Å². The molecule has 0 unspecified atom stereocenters. The first-order valence-electron chi connectivity index (χ1n) is 11.0. The Morgan fingerprint density at radius 1 is 1.06 bits per heavy atom. The molecule has 0 saturated carbocycles. The average molecular weight is 542 g/mol. The van der Waals surface area contributed by atoms with Crippen molar-refractivity contribution in [3.63, 3.8) is 0 Å². The number of benzene rings is 2. The summed E-state index contributed by atoms with van der Waals surface area (Å²) in [7, 11) is -3.92. The summed E-state index contributed by atoms with van der Waals surface area (Å²) in [5.74, 6) is -1.28. The number of hydrogen-bond donors (Lipinski definition) is 1. The highest BCUT2D eigenvalue weighted by Gasteiger charge is 2.31. The van der Waals surface area contributed by atoms with E-state index in [9.17, 15) is 22.8 Å². The number of anilines is 1. The molecule has 190 valence electrons. The van der Waals surface area contributed by atoms with Gasteiger partial charge in [-0.25, -0.2) is 8.42 Å². The van der Waals surface area contributed by atoms with Crippen LogP contribution >= 0.6 is 23.2 Å². The van der Waals surface area contributed by atoms with Gasteiger partial charge in [-0.1, -0.05) is 48.3 Å². The topological polar surface area (TPSA) is 104 Å². The van der Waals surface area contributed by atoms with Gasteiger partial charge in [0.05, 0.1) is 11.9 Å². The van der Waals surface area contributed by atoms with Gasteiger partial charge in [0.25, 0.3) is 0 Å². The molecule has 0 aliphatic heterocycles. The Morgan fingerprint density at radius 3 is 2.20 bits per heavy atom. The number of halogens is 2. The number of rotatable bonds is 11. The number of nitrogens with one attached hydrogen (secondary N) is 1. The summed E-state index contributed by atoms with van der Waals surface area (Å²) in [4.78, 5) is 39.3. The maximum atomic E-state index is 13.5.